The van der Waals surface area contributed by atoms with Gasteiger partial charge in [-0.15, -0.1) is 6.58 Å². The van der Waals surface area contributed by atoms with E-state index in [4.69, 9.17) is 9.84 Å². The molecule has 114 valence electrons. The number of amides is 1. The number of hydrogen-bond donors (Lipinski definition) is 1. The average molecular weight is 291 g/mol. The molecule has 0 saturated carbocycles. The van der Waals surface area contributed by atoms with E-state index in [1.54, 1.807) is 12.1 Å². The summed E-state index contributed by atoms with van der Waals surface area (Å²) in [5.41, 5.74) is 1.13. The number of ether oxygens (including phenoxy) is 1. The molecule has 0 spiro atoms. The summed E-state index contributed by atoms with van der Waals surface area (Å²) >= 11 is 0. The minimum atomic E-state index is -0.937. The molecular weight excluding hydrogens is 270 g/mol. The van der Waals surface area contributed by atoms with Crippen molar-refractivity contribution in [3.8, 4) is 5.75 Å². The normalized spacial score (nSPS) is 9.95. The highest BCUT2D eigenvalue weighted by molar-refractivity contribution is 5.78. The minimum absolute atomic E-state index is 0.0924. The first-order chi connectivity index (χ1) is 10.1. The number of benzene rings is 1. The van der Waals surface area contributed by atoms with Crippen molar-refractivity contribution in [1.29, 1.82) is 0 Å². The predicted octanol–water partition coefficient (Wildman–Crippen LogP) is 2.12. The highest BCUT2D eigenvalue weighted by atomic mass is 16.5. The van der Waals surface area contributed by atoms with Gasteiger partial charge in [-0.25, -0.2) is 0 Å². The van der Waals surface area contributed by atoms with Gasteiger partial charge in [-0.1, -0.05) is 25.1 Å². The monoisotopic (exact) mass is 291 g/mol. The number of rotatable bonds is 9. The topological polar surface area (TPSA) is 66.8 Å². The lowest BCUT2D eigenvalue weighted by Gasteiger charge is -2.20. The van der Waals surface area contributed by atoms with Crippen LogP contribution in [0.1, 0.15) is 18.9 Å². The van der Waals surface area contributed by atoms with Crippen LogP contribution >= 0.6 is 0 Å². The molecule has 0 aliphatic heterocycles. The molecule has 21 heavy (non-hydrogen) atoms. The SMILES string of the molecule is C=CCN(CCC(=O)O)C(=O)COc1cccc(CC)c1. The molecule has 0 radical (unpaired) electrons. The Morgan fingerprint density at radius 1 is 1.43 bits per heavy atom. The molecular formula is C16H21NO4. The zero-order valence-corrected chi connectivity index (χ0v) is 12.2. The first-order valence-electron chi connectivity index (χ1n) is 6.89. The number of carboxylic acid groups (broad SMARTS) is 1. The van der Waals surface area contributed by atoms with Gasteiger partial charge >= 0.3 is 5.97 Å². The summed E-state index contributed by atoms with van der Waals surface area (Å²) in [5.74, 6) is -0.550. The van der Waals surface area contributed by atoms with Gasteiger partial charge in [-0.2, -0.15) is 0 Å². The molecule has 1 amide bonds. The lowest BCUT2D eigenvalue weighted by molar-refractivity contribution is -0.138. The smallest absolute Gasteiger partial charge is 0.305 e. The van der Waals surface area contributed by atoms with Crippen molar-refractivity contribution >= 4 is 11.9 Å². The second-order valence-corrected chi connectivity index (χ2v) is 4.56. The van der Waals surface area contributed by atoms with Crippen molar-refractivity contribution in [2.75, 3.05) is 19.7 Å². The van der Waals surface area contributed by atoms with E-state index in [2.05, 4.69) is 6.58 Å². The van der Waals surface area contributed by atoms with Crippen LogP contribution in [0.3, 0.4) is 0 Å². The van der Waals surface area contributed by atoms with E-state index < -0.39 is 5.97 Å². The Bertz CT molecular complexity index is 499. The largest absolute Gasteiger partial charge is 0.484 e. The molecule has 0 heterocycles. The molecule has 0 aliphatic carbocycles. The average Bonchev–Trinajstić information content (AvgIpc) is 2.49. The van der Waals surface area contributed by atoms with Crippen molar-refractivity contribution in [2.24, 2.45) is 0 Å². The predicted molar refractivity (Wildman–Crippen MR) is 80.3 cm³/mol. The van der Waals surface area contributed by atoms with Gasteiger partial charge in [0.15, 0.2) is 6.61 Å². The molecule has 0 atom stereocenters. The fraction of sp³-hybridized carbons (Fsp3) is 0.375. The Labute approximate surface area is 124 Å². The van der Waals surface area contributed by atoms with Crippen molar-refractivity contribution in [3.63, 3.8) is 0 Å². The van der Waals surface area contributed by atoms with Crippen molar-refractivity contribution < 1.29 is 19.4 Å². The summed E-state index contributed by atoms with van der Waals surface area (Å²) in [6.07, 6.45) is 2.37. The van der Waals surface area contributed by atoms with Gasteiger partial charge < -0.3 is 14.7 Å². The third kappa shape index (κ3) is 6.12. The summed E-state index contributed by atoms with van der Waals surface area (Å²) in [5, 5.41) is 8.68. The van der Waals surface area contributed by atoms with Gasteiger partial charge in [0, 0.05) is 13.1 Å². The number of hydrogen-bond acceptors (Lipinski definition) is 3. The highest BCUT2D eigenvalue weighted by Crippen LogP contribution is 2.13. The molecule has 1 N–H and O–H groups in total. The first-order valence-corrected chi connectivity index (χ1v) is 6.89. The van der Waals surface area contributed by atoms with E-state index in [0.29, 0.717) is 12.3 Å². The van der Waals surface area contributed by atoms with E-state index in [9.17, 15) is 9.59 Å². The summed E-state index contributed by atoms with van der Waals surface area (Å²) in [7, 11) is 0. The molecule has 5 heteroatoms. The van der Waals surface area contributed by atoms with Crippen molar-refractivity contribution in [2.45, 2.75) is 19.8 Å². The number of aliphatic carboxylic acids is 1. The van der Waals surface area contributed by atoms with Crippen LogP contribution in [0, 0.1) is 0 Å². The molecule has 0 fully saturated rings. The van der Waals surface area contributed by atoms with Gasteiger partial charge in [0.2, 0.25) is 0 Å². The molecule has 0 saturated heterocycles. The van der Waals surface area contributed by atoms with E-state index in [1.165, 1.54) is 4.90 Å². The lowest BCUT2D eigenvalue weighted by Crippen LogP contribution is -2.36. The van der Waals surface area contributed by atoms with Crippen LogP contribution in [0.4, 0.5) is 0 Å². The quantitative estimate of drug-likeness (QED) is 0.708. The van der Waals surface area contributed by atoms with E-state index in [0.717, 1.165) is 12.0 Å². The molecule has 1 aromatic carbocycles. The molecule has 0 unspecified atom stereocenters. The van der Waals surface area contributed by atoms with Gasteiger partial charge in [0.1, 0.15) is 5.75 Å². The number of carbonyl (C=O) groups excluding carboxylic acids is 1. The number of carbonyl (C=O) groups is 2. The zero-order chi connectivity index (χ0) is 15.7. The van der Waals surface area contributed by atoms with E-state index in [-0.39, 0.29) is 25.5 Å². The standard InChI is InChI=1S/C16H21NO4/c1-3-9-17(10-8-16(19)20)15(18)12-21-14-7-5-6-13(4-2)11-14/h3,5-7,11H,1,4,8-10,12H2,2H3,(H,19,20). The van der Waals surface area contributed by atoms with Gasteiger partial charge in [-0.3, -0.25) is 9.59 Å². The van der Waals surface area contributed by atoms with Gasteiger partial charge in [0.05, 0.1) is 6.42 Å². The zero-order valence-electron chi connectivity index (χ0n) is 12.2. The Hall–Kier alpha value is -2.30. The van der Waals surface area contributed by atoms with E-state index >= 15 is 0 Å². The highest BCUT2D eigenvalue weighted by Gasteiger charge is 2.14. The lowest BCUT2D eigenvalue weighted by atomic mass is 10.2. The summed E-state index contributed by atoms with van der Waals surface area (Å²) in [4.78, 5) is 24.0. The Balaban J connectivity index is 2.55. The maximum atomic E-state index is 12.0. The van der Waals surface area contributed by atoms with Crippen LogP contribution in [0.25, 0.3) is 0 Å². The van der Waals surface area contributed by atoms with Crippen molar-refractivity contribution in [3.05, 3.63) is 42.5 Å². The fourth-order valence-corrected chi connectivity index (χ4v) is 1.80. The molecule has 0 bridgehead atoms. The van der Waals surface area contributed by atoms with Crippen LogP contribution in [0.15, 0.2) is 36.9 Å². The summed E-state index contributed by atoms with van der Waals surface area (Å²) in [6, 6.07) is 7.56. The second-order valence-electron chi connectivity index (χ2n) is 4.56. The van der Waals surface area contributed by atoms with Gasteiger partial charge in [-0.05, 0) is 24.1 Å². The molecule has 5 nitrogen and oxygen atoms in total. The van der Waals surface area contributed by atoms with Crippen LogP contribution in [-0.4, -0.2) is 41.6 Å². The molecule has 1 aromatic rings. The summed E-state index contributed by atoms with van der Waals surface area (Å²) < 4.78 is 5.47. The minimum Gasteiger partial charge on any atom is -0.484 e. The maximum Gasteiger partial charge on any atom is 0.305 e. The van der Waals surface area contributed by atoms with Crippen LogP contribution in [0.5, 0.6) is 5.75 Å². The third-order valence-electron chi connectivity index (χ3n) is 2.97. The Morgan fingerprint density at radius 2 is 2.19 bits per heavy atom. The Morgan fingerprint density at radius 3 is 2.81 bits per heavy atom. The molecule has 0 aromatic heterocycles. The van der Waals surface area contributed by atoms with Crippen molar-refractivity contribution in [1.82, 2.24) is 4.90 Å². The fourth-order valence-electron chi connectivity index (χ4n) is 1.80. The van der Waals surface area contributed by atoms with E-state index in [1.807, 2.05) is 25.1 Å². The molecule has 1 rings (SSSR count). The Kier molecular flexibility index (Phi) is 7.01. The van der Waals surface area contributed by atoms with Crippen LogP contribution in [0.2, 0.25) is 0 Å². The number of nitrogens with zero attached hydrogens (tertiary/aromatic N) is 1. The van der Waals surface area contributed by atoms with Gasteiger partial charge in [0.25, 0.3) is 5.91 Å². The van der Waals surface area contributed by atoms with Crippen LogP contribution < -0.4 is 4.74 Å². The first kappa shape index (κ1) is 16.8. The maximum absolute atomic E-state index is 12.0. The number of carboxylic acids is 1. The van der Waals surface area contributed by atoms with Crippen LogP contribution in [-0.2, 0) is 16.0 Å². The molecule has 0 aliphatic rings. The third-order valence-corrected chi connectivity index (χ3v) is 2.97. The number of aryl methyl sites for hydroxylation is 1. The summed E-state index contributed by atoms with van der Waals surface area (Å²) in [6.45, 7) is 5.96. The second kappa shape index (κ2) is 8.79.